The summed E-state index contributed by atoms with van der Waals surface area (Å²) in [7, 11) is 0. The zero-order chi connectivity index (χ0) is 10.4. The van der Waals surface area contributed by atoms with E-state index in [9.17, 15) is 0 Å². The number of hydrogen-bond donors (Lipinski definition) is 1. The Morgan fingerprint density at radius 2 is 2.21 bits per heavy atom. The second kappa shape index (κ2) is 5.07. The Morgan fingerprint density at radius 1 is 1.43 bits per heavy atom. The molecule has 2 nitrogen and oxygen atoms in total. The average molecular weight is 185 g/mol. The number of benzene rings is 1. The maximum absolute atomic E-state index is 8.94. The molecule has 0 heterocycles. The van der Waals surface area contributed by atoms with Crippen molar-refractivity contribution < 1.29 is 5.11 Å². The minimum Gasteiger partial charge on any atom is -0.392 e. The van der Waals surface area contributed by atoms with E-state index in [4.69, 9.17) is 10.4 Å². The van der Waals surface area contributed by atoms with Gasteiger partial charge in [0.2, 0.25) is 0 Å². The van der Waals surface area contributed by atoms with Crippen molar-refractivity contribution in [3.8, 4) is 17.9 Å². The molecule has 0 saturated heterocycles. The molecule has 0 aliphatic heterocycles. The molecule has 1 aromatic carbocycles. The van der Waals surface area contributed by atoms with Gasteiger partial charge in [0.05, 0.1) is 19.1 Å². The van der Waals surface area contributed by atoms with E-state index in [-0.39, 0.29) is 13.0 Å². The van der Waals surface area contributed by atoms with E-state index < -0.39 is 0 Å². The average Bonchev–Trinajstić information content (AvgIpc) is 2.18. The van der Waals surface area contributed by atoms with Gasteiger partial charge in [0, 0.05) is 5.56 Å². The molecule has 0 bridgehead atoms. The summed E-state index contributed by atoms with van der Waals surface area (Å²) < 4.78 is 0. The van der Waals surface area contributed by atoms with Gasteiger partial charge in [-0.2, -0.15) is 5.26 Å². The Morgan fingerprint density at radius 3 is 2.79 bits per heavy atom. The Hall–Kier alpha value is -1.77. The van der Waals surface area contributed by atoms with Crippen LogP contribution in [0.2, 0.25) is 0 Å². The number of aryl methyl sites for hydroxylation is 1. The Balaban J connectivity index is 2.89. The first kappa shape index (κ1) is 10.3. The normalized spacial score (nSPS) is 8.64. The summed E-state index contributed by atoms with van der Waals surface area (Å²) in [6, 6.07) is 7.58. The number of nitrogens with zero attached hydrogens (tertiary/aromatic N) is 1. The summed E-state index contributed by atoms with van der Waals surface area (Å²) in [4.78, 5) is 0. The molecule has 0 aromatic heterocycles. The quantitative estimate of drug-likeness (QED) is 0.677. The van der Waals surface area contributed by atoms with Crippen molar-refractivity contribution in [3.05, 3.63) is 34.9 Å². The fourth-order valence-electron chi connectivity index (χ4n) is 1.14. The van der Waals surface area contributed by atoms with Gasteiger partial charge in [-0.05, 0) is 30.2 Å². The highest BCUT2D eigenvalue weighted by molar-refractivity contribution is 5.40. The molecule has 1 N–H and O–H groups in total. The van der Waals surface area contributed by atoms with E-state index in [1.54, 1.807) is 0 Å². The van der Waals surface area contributed by atoms with Crippen LogP contribution in [-0.4, -0.2) is 5.11 Å². The lowest BCUT2D eigenvalue weighted by molar-refractivity contribution is 0.281. The summed E-state index contributed by atoms with van der Waals surface area (Å²) >= 11 is 0. The monoisotopic (exact) mass is 185 g/mol. The Bertz CT molecular complexity index is 418. The van der Waals surface area contributed by atoms with Crippen LogP contribution in [0.15, 0.2) is 18.2 Å². The summed E-state index contributed by atoms with van der Waals surface area (Å²) in [5, 5.41) is 17.2. The van der Waals surface area contributed by atoms with Gasteiger partial charge in [-0.1, -0.05) is 17.9 Å². The molecule has 1 rings (SSSR count). The van der Waals surface area contributed by atoms with Crippen molar-refractivity contribution in [2.24, 2.45) is 0 Å². The van der Waals surface area contributed by atoms with E-state index in [1.165, 1.54) is 0 Å². The van der Waals surface area contributed by atoms with Gasteiger partial charge in [-0.15, -0.1) is 0 Å². The number of aliphatic hydroxyl groups excluding tert-OH is 1. The van der Waals surface area contributed by atoms with Gasteiger partial charge in [0.25, 0.3) is 0 Å². The first-order valence-electron chi connectivity index (χ1n) is 4.34. The van der Waals surface area contributed by atoms with Crippen molar-refractivity contribution in [1.82, 2.24) is 0 Å². The second-order valence-corrected chi connectivity index (χ2v) is 2.94. The highest BCUT2D eigenvalue weighted by atomic mass is 16.3. The van der Waals surface area contributed by atoms with Crippen LogP contribution in [0.25, 0.3) is 0 Å². The van der Waals surface area contributed by atoms with Crippen LogP contribution < -0.4 is 0 Å². The number of aliphatic hydroxyl groups is 1. The molecule has 0 fully saturated rings. The molecular formula is C12H11NO. The van der Waals surface area contributed by atoms with Crippen molar-refractivity contribution in [3.63, 3.8) is 0 Å². The third kappa shape index (κ3) is 2.62. The molecule has 0 spiro atoms. The van der Waals surface area contributed by atoms with E-state index >= 15 is 0 Å². The van der Waals surface area contributed by atoms with Crippen LogP contribution in [0.4, 0.5) is 0 Å². The Kier molecular flexibility index (Phi) is 3.73. The number of hydrogen-bond acceptors (Lipinski definition) is 2. The van der Waals surface area contributed by atoms with Gasteiger partial charge in [0.1, 0.15) is 0 Å². The maximum Gasteiger partial charge on any atom is 0.0966 e. The molecular weight excluding hydrogens is 174 g/mol. The van der Waals surface area contributed by atoms with E-state index in [2.05, 4.69) is 11.8 Å². The van der Waals surface area contributed by atoms with E-state index in [0.29, 0.717) is 0 Å². The van der Waals surface area contributed by atoms with Crippen molar-refractivity contribution >= 4 is 0 Å². The molecule has 14 heavy (non-hydrogen) atoms. The fourth-order valence-corrected chi connectivity index (χ4v) is 1.14. The van der Waals surface area contributed by atoms with Crippen LogP contribution in [0.3, 0.4) is 0 Å². The molecule has 0 aliphatic carbocycles. The van der Waals surface area contributed by atoms with Gasteiger partial charge in [-0.25, -0.2) is 0 Å². The predicted octanol–water partition coefficient (Wildman–Crippen LogP) is 1.75. The minimum absolute atomic E-state index is 0.0533. The van der Waals surface area contributed by atoms with Crippen molar-refractivity contribution in [2.75, 3.05) is 0 Å². The molecule has 70 valence electrons. The predicted molar refractivity (Wildman–Crippen MR) is 54.2 cm³/mol. The van der Waals surface area contributed by atoms with E-state index in [0.717, 1.165) is 16.7 Å². The van der Waals surface area contributed by atoms with Gasteiger partial charge in [-0.3, -0.25) is 0 Å². The van der Waals surface area contributed by atoms with Gasteiger partial charge < -0.3 is 5.11 Å². The zero-order valence-electron chi connectivity index (χ0n) is 8.04. The van der Waals surface area contributed by atoms with E-state index in [1.807, 2.05) is 31.2 Å². The number of rotatable bonds is 1. The lowest BCUT2D eigenvalue weighted by Crippen LogP contribution is -1.88. The lowest BCUT2D eigenvalue weighted by atomic mass is 10.1. The molecule has 2 heteroatoms. The highest BCUT2D eigenvalue weighted by Gasteiger charge is 1.96. The molecule has 0 amide bonds. The first-order chi connectivity index (χ1) is 6.77. The van der Waals surface area contributed by atoms with Crippen LogP contribution in [0, 0.1) is 30.1 Å². The SMILES string of the molecule is Cc1cc(C#CCC#N)ccc1CO. The van der Waals surface area contributed by atoms with Crippen molar-refractivity contribution in [2.45, 2.75) is 20.0 Å². The molecule has 0 atom stereocenters. The topological polar surface area (TPSA) is 44.0 Å². The minimum atomic E-state index is 0.0533. The number of nitriles is 1. The third-order valence-electron chi connectivity index (χ3n) is 1.91. The lowest BCUT2D eigenvalue weighted by Gasteiger charge is -2.01. The first-order valence-corrected chi connectivity index (χ1v) is 4.34. The molecule has 0 radical (unpaired) electrons. The van der Waals surface area contributed by atoms with Crippen LogP contribution in [0.5, 0.6) is 0 Å². The maximum atomic E-state index is 8.94. The smallest absolute Gasteiger partial charge is 0.0966 e. The Labute approximate surface area is 83.8 Å². The summed E-state index contributed by atoms with van der Waals surface area (Å²) in [5.41, 5.74) is 2.82. The molecule has 0 unspecified atom stereocenters. The second-order valence-electron chi connectivity index (χ2n) is 2.94. The van der Waals surface area contributed by atoms with Crippen LogP contribution >= 0.6 is 0 Å². The fraction of sp³-hybridized carbons (Fsp3) is 0.250. The van der Waals surface area contributed by atoms with Gasteiger partial charge >= 0.3 is 0 Å². The molecule has 1 aromatic rings. The standard InChI is InChI=1S/C12H11NO/c1-10-8-11(4-2-3-7-13)5-6-12(10)9-14/h5-6,8,14H,3,9H2,1H3. The van der Waals surface area contributed by atoms with Crippen molar-refractivity contribution in [1.29, 1.82) is 5.26 Å². The van der Waals surface area contributed by atoms with Crippen LogP contribution in [0.1, 0.15) is 23.1 Å². The highest BCUT2D eigenvalue weighted by Crippen LogP contribution is 2.10. The largest absolute Gasteiger partial charge is 0.392 e. The summed E-state index contributed by atoms with van der Waals surface area (Å²) in [6.07, 6.45) is 0.251. The van der Waals surface area contributed by atoms with Gasteiger partial charge in [0.15, 0.2) is 0 Å². The third-order valence-corrected chi connectivity index (χ3v) is 1.91. The molecule has 0 aliphatic rings. The molecule has 0 saturated carbocycles. The van der Waals surface area contributed by atoms with Crippen LogP contribution in [-0.2, 0) is 6.61 Å². The summed E-state index contributed by atoms with van der Waals surface area (Å²) in [6.45, 7) is 1.98. The summed E-state index contributed by atoms with van der Waals surface area (Å²) in [5.74, 6) is 5.63. The zero-order valence-corrected chi connectivity index (χ0v) is 8.04.